The molecule has 1 aliphatic heterocycles. The molecule has 2 amide bonds. The molecule has 0 radical (unpaired) electrons. The molecule has 0 atom stereocenters. The Kier molecular flexibility index (Phi) is 4.88. The molecule has 0 aromatic rings. The molecule has 0 aliphatic carbocycles. The molecule has 0 unspecified atom stereocenters. The molecule has 1 N–H and O–H groups in total. The summed E-state index contributed by atoms with van der Waals surface area (Å²) in [5.41, 5.74) is 0. The quantitative estimate of drug-likeness (QED) is 0.550. The Balaban J connectivity index is 2.17. The van der Waals surface area contributed by atoms with Crippen LogP contribution in [0.15, 0.2) is 0 Å². The lowest BCUT2D eigenvalue weighted by Gasteiger charge is -2.25. The number of carbonyl (C=O) groups is 2. The Hall–Kier alpha value is -1.15. The molecule has 5 nitrogen and oxygen atoms in total. The lowest BCUT2D eigenvalue weighted by Crippen LogP contribution is -2.52. The molecular weight excluding hydrogens is 241 g/mol. The van der Waals surface area contributed by atoms with Crippen molar-refractivity contribution in [2.45, 2.75) is 12.6 Å². The number of nitrogens with zero attached hydrogens (tertiary/aromatic N) is 1. The lowest BCUT2D eigenvalue weighted by molar-refractivity contribution is -0.174. The van der Waals surface area contributed by atoms with Crippen LogP contribution in [-0.2, 0) is 14.3 Å². The summed E-state index contributed by atoms with van der Waals surface area (Å²) in [6.07, 6.45) is -4.14. The van der Waals surface area contributed by atoms with Gasteiger partial charge in [-0.15, -0.1) is 0 Å². The van der Waals surface area contributed by atoms with Crippen molar-refractivity contribution in [3.8, 4) is 0 Å². The summed E-state index contributed by atoms with van der Waals surface area (Å²) in [5.74, 6) is -0.728. The van der Waals surface area contributed by atoms with E-state index in [2.05, 4.69) is 10.1 Å². The van der Waals surface area contributed by atoms with Gasteiger partial charge in [-0.1, -0.05) is 0 Å². The van der Waals surface area contributed by atoms with Crippen molar-refractivity contribution < 1.29 is 27.5 Å². The summed E-state index contributed by atoms with van der Waals surface area (Å²) in [6.45, 7) is -1.19. The average Bonchev–Trinajstić information content (AvgIpc) is 2.20. The molecule has 1 heterocycles. The first-order chi connectivity index (χ1) is 7.90. The van der Waals surface area contributed by atoms with Gasteiger partial charge in [0, 0.05) is 13.2 Å². The number of carbonyl (C=O) groups excluding carboxylic acids is 2. The second-order valence-electron chi connectivity index (χ2n) is 3.56. The molecule has 0 aromatic carbocycles. The molecule has 0 spiro atoms. The standard InChI is InChI=1S/C9H13F3N2O3/c10-9(11,12)6-17-3-1-2-14-7(15)4-13-5-8(14)16/h13H,1-6H2. The molecule has 0 bridgehead atoms. The third-order valence-electron chi connectivity index (χ3n) is 2.09. The van der Waals surface area contributed by atoms with E-state index in [1.807, 2.05) is 0 Å². The maximum atomic E-state index is 11.7. The van der Waals surface area contributed by atoms with E-state index in [0.717, 1.165) is 4.90 Å². The topological polar surface area (TPSA) is 58.6 Å². The number of alkyl halides is 3. The van der Waals surface area contributed by atoms with E-state index < -0.39 is 12.8 Å². The zero-order valence-corrected chi connectivity index (χ0v) is 9.05. The fourth-order valence-electron chi connectivity index (χ4n) is 1.37. The highest BCUT2D eigenvalue weighted by Crippen LogP contribution is 2.14. The van der Waals surface area contributed by atoms with E-state index in [0.29, 0.717) is 0 Å². The predicted molar refractivity (Wildman–Crippen MR) is 51.1 cm³/mol. The molecule has 1 saturated heterocycles. The molecular formula is C9H13F3N2O3. The molecule has 8 heteroatoms. The second kappa shape index (κ2) is 5.97. The third kappa shape index (κ3) is 5.14. The minimum atomic E-state index is -4.35. The van der Waals surface area contributed by atoms with Crippen LogP contribution in [0, 0.1) is 0 Å². The molecule has 98 valence electrons. The fraction of sp³-hybridized carbons (Fsp3) is 0.778. The van der Waals surface area contributed by atoms with Crippen LogP contribution in [-0.4, -0.2) is 55.7 Å². The van der Waals surface area contributed by atoms with Gasteiger partial charge in [-0.25, -0.2) is 0 Å². The maximum Gasteiger partial charge on any atom is 0.411 e. The zero-order chi connectivity index (χ0) is 12.9. The van der Waals surface area contributed by atoms with Crippen LogP contribution >= 0.6 is 0 Å². The van der Waals surface area contributed by atoms with Gasteiger partial charge in [0.05, 0.1) is 13.1 Å². The predicted octanol–water partition coefficient (Wildman–Crippen LogP) is -0.0862. The zero-order valence-electron chi connectivity index (χ0n) is 9.05. The molecule has 1 rings (SSSR count). The minimum absolute atomic E-state index is 0.0785. The third-order valence-corrected chi connectivity index (χ3v) is 2.09. The fourth-order valence-corrected chi connectivity index (χ4v) is 1.37. The van der Waals surface area contributed by atoms with Crippen molar-refractivity contribution in [3.05, 3.63) is 0 Å². The van der Waals surface area contributed by atoms with E-state index >= 15 is 0 Å². The number of hydrogen-bond donors (Lipinski definition) is 1. The van der Waals surface area contributed by atoms with E-state index in [9.17, 15) is 22.8 Å². The molecule has 0 saturated carbocycles. The van der Waals surface area contributed by atoms with Crippen LogP contribution in [0.4, 0.5) is 13.2 Å². The van der Waals surface area contributed by atoms with E-state index in [1.165, 1.54) is 0 Å². The summed E-state index contributed by atoms with van der Waals surface area (Å²) >= 11 is 0. The van der Waals surface area contributed by atoms with Gasteiger partial charge < -0.3 is 4.74 Å². The monoisotopic (exact) mass is 254 g/mol. The maximum absolute atomic E-state index is 11.7. The van der Waals surface area contributed by atoms with Gasteiger partial charge in [-0.3, -0.25) is 19.8 Å². The van der Waals surface area contributed by atoms with Crippen molar-refractivity contribution in [3.63, 3.8) is 0 Å². The van der Waals surface area contributed by atoms with Gasteiger partial charge in [0.15, 0.2) is 0 Å². The van der Waals surface area contributed by atoms with Gasteiger partial charge >= 0.3 is 6.18 Å². The summed E-state index contributed by atoms with van der Waals surface area (Å²) < 4.78 is 39.5. The molecule has 17 heavy (non-hydrogen) atoms. The molecule has 1 fully saturated rings. The van der Waals surface area contributed by atoms with Gasteiger partial charge in [0.25, 0.3) is 0 Å². The van der Waals surface area contributed by atoms with Crippen molar-refractivity contribution in [2.75, 3.05) is 32.8 Å². The second-order valence-corrected chi connectivity index (χ2v) is 3.56. The van der Waals surface area contributed by atoms with Crippen molar-refractivity contribution in [1.82, 2.24) is 10.2 Å². The first-order valence-corrected chi connectivity index (χ1v) is 5.08. The summed E-state index contributed by atoms with van der Waals surface area (Å²) in [6, 6.07) is 0. The highest BCUT2D eigenvalue weighted by molar-refractivity contribution is 5.99. The number of imide groups is 1. The highest BCUT2D eigenvalue weighted by Gasteiger charge is 2.28. The number of amides is 2. The van der Waals surface area contributed by atoms with Crippen LogP contribution < -0.4 is 5.32 Å². The van der Waals surface area contributed by atoms with Crippen LogP contribution in [0.3, 0.4) is 0 Å². The highest BCUT2D eigenvalue weighted by atomic mass is 19.4. The number of halogens is 3. The SMILES string of the molecule is O=C1CNCC(=O)N1CCCOCC(F)(F)F. The van der Waals surface area contributed by atoms with Gasteiger partial charge in [0.2, 0.25) is 11.8 Å². The number of ether oxygens (including phenoxy) is 1. The Morgan fingerprint density at radius 1 is 1.24 bits per heavy atom. The van der Waals surface area contributed by atoms with Crippen LogP contribution in [0.25, 0.3) is 0 Å². The van der Waals surface area contributed by atoms with E-state index in [1.54, 1.807) is 0 Å². The van der Waals surface area contributed by atoms with Gasteiger partial charge in [-0.2, -0.15) is 13.2 Å². The summed E-state index contributed by atoms with van der Waals surface area (Å²) in [4.78, 5) is 23.5. The van der Waals surface area contributed by atoms with Gasteiger partial charge in [-0.05, 0) is 6.42 Å². The smallest absolute Gasteiger partial charge is 0.372 e. The average molecular weight is 254 g/mol. The van der Waals surface area contributed by atoms with Crippen LogP contribution in [0.2, 0.25) is 0 Å². The normalized spacial score (nSPS) is 17.7. The Labute approximate surface area is 95.9 Å². The van der Waals surface area contributed by atoms with Crippen molar-refractivity contribution in [1.29, 1.82) is 0 Å². The summed E-state index contributed by atoms with van der Waals surface area (Å²) in [7, 11) is 0. The Bertz CT molecular complexity index is 278. The van der Waals surface area contributed by atoms with Crippen LogP contribution in [0.1, 0.15) is 6.42 Å². The van der Waals surface area contributed by atoms with E-state index in [-0.39, 0.29) is 44.5 Å². The number of piperazine rings is 1. The summed E-state index contributed by atoms with van der Waals surface area (Å²) in [5, 5.41) is 2.61. The van der Waals surface area contributed by atoms with Crippen molar-refractivity contribution >= 4 is 11.8 Å². The number of rotatable bonds is 5. The lowest BCUT2D eigenvalue weighted by atomic mass is 10.3. The first kappa shape index (κ1) is 13.9. The Morgan fingerprint density at radius 3 is 2.35 bits per heavy atom. The molecule has 0 aromatic heterocycles. The van der Waals surface area contributed by atoms with E-state index in [4.69, 9.17) is 0 Å². The minimum Gasteiger partial charge on any atom is -0.372 e. The first-order valence-electron chi connectivity index (χ1n) is 5.08. The number of hydrogen-bond acceptors (Lipinski definition) is 4. The van der Waals surface area contributed by atoms with Crippen molar-refractivity contribution in [2.24, 2.45) is 0 Å². The Morgan fingerprint density at radius 2 is 1.82 bits per heavy atom. The molecule has 1 aliphatic rings. The largest absolute Gasteiger partial charge is 0.411 e. The number of nitrogens with one attached hydrogen (secondary N) is 1. The van der Waals surface area contributed by atoms with Crippen LogP contribution in [0.5, 0.6) is 0 Å². The van der Waals surface area contributed by atoms with Gasteiger partial charge in [0.1, 0.15) is 6.61 Å².